The molecule has 0 aliphatic carbocycles. The fourth-order valence-electron chi connectivity index (χ4n) is 2.41. The van der Waals surface area contributed by atoms with E-state index in [4.69, 9.17) is 16.3 Å². The van der Waals surface area contributed by atoms with Gasteiger partial charge in [0.25, 0.3) is 0 Å². The molecule has 2 aromatic carbocycles. The molecule has 0 atom stereocenters. The maximum absolute atomic E-state index is 13.6. The molecule has 0 aliphatic rings. The van der Waals surface area contributed by atoms with Crippen LogP contribution in [0.4, 0.5) is 8.78 Å². The Bertz CT molecular complexity index is 946. The summed E-state index contributed by atoms with van der Waals surface area (Å²) in [4.78, 5) is 12.2. The normalized spacial score (nSPS) is 11.6. The third kappa shape index (κ3) is 4.63. The summed E-state index contributed by atoms with van der Waals surface area (Å²) >= 11 is 5.98. The molecule has 2 aromatic rings. The van der Waals surface area contributed by atoms with Crippen LogP contribution in [0.5, 0.6) is 0 Å². The zero-order chi connectivity index (χ0) is 20.2. The monoisotopic (exact) mass is 417 g/mol. The molecule has 2 rings (SSSR count). The number of nitrogens with zero attached hydrogens (tertiary/aromatic N) is 1. The largest absolute Gasteiger partial charge is 0.457 e. The Morgan fingerprint density at radius 3 is 2.44 bits per heavy atom. The number of carbonyl (C=O) groups is 1. The van der Waals surface area contributed by atoms with Crippen molar-refractivity contribution in [2.75, 3.05) is 13.1 Å². The Morgan fingerprint density at radius 1 is 1.15 bits per heavy atom. The van der Waals surface area contributed by atoms with E-state index in [1.165, 1.54) is 28.6 Å². The number of halogens is 3. The van der Waals surface area contributed by atoms with Gasteiger partial charge in [0.15, 0.2) is 11.6 Å². The smallest absolute Gasteiger partial charge is 0.340 e. The van der Waals surface area contributed by atoms with Crippen molar-refractivity contribution >= 4 is 27.6 Å². The summed E-state index contributed by atoms with van der Waals surface area (Å²) in [5, 5.41) is -0.0155. The number of carbonyl (C=O) groups excluding carboxylic acids is 1. The van der Waals surface area contributed by atoms with E-state index in [9.17, 15) is 22.0 Å². The van der Waals surface area contributed by atoms with E-state index in [1.54, 1.807) is 13.8 Å². The first-order chi connectivity index (χ1) is 12.7. The molecule has 5 nitrogen and oxygen atoms in total. The zero-order valence-corrected chi connectivity index (χ0v) is 16.3. The van der Waals surface area contributed by atoms with Crippen LogP contribution in [0.1, 0.15) is 29.8 Å². The molecule has 0 aromatic heterocycles. The lowest BCUT2D eigenvalue weighted by atomic mass is 10.2. The van der Waals surface area contributed by atoms with E-state index < -0.39 is 34.2 Å². The Morgan fingerprint density at radius 2 is 1.81 bits per heavy atom. The highest BCUT2D eigenvalue weighted by molar-refractivity contribution is 7.89. The van der Waals surface area contributed by atoms with E-state index in [1.807, 2.05) is 0 Å². The van der Waals surface area contributed by atoms with E-state index in [-0.39, 0.29) is 34.1 Å². The molecule has 0 saturated heterocycles. The summed E-state index contributed by atoms with van der Waals surface area (Å²) in [6.45, 7) is 3.39. The molecule has 0 fully saturated rings. The number of rotatable bonds is 7. The fraction of sp³-hybridized carbons (Fsp3) is 0.278. The van der Waals surface area contributed by atoms with Gasteiger partial charge in [0.2, 0.25) is 10.0 Å². The minimum absolute atomic E-state index is 0.0155. The molecule has 0 saturated carbocycles. The molecule has 146 valence electrons. The van der Waals surface area contributed by atoms with Crippen molar-refractivity contribution in [3.05, 3.63) is 64.2 Å². The molecule has 0 spiro atoms. The van der Waals surface area contributed by atoms with Gasteiger partial charge in [0.05, 0.1) is 15.5 Å². The highest BCUT2D eigenvalue weighted by Gasteiger charge is 2.24. The van der Waals surface area contributed by atoms with Gasteiger partial charge in [-0.3, -0.25) is 0 Å². The van der Waals surface area contributed by atoms with Crippen LogP contribution in [0, 0.1) is 11.6 Å². The van der Waals surface area contributed by atoms with Crippen molar-refractivity contribution in [3.63, 3.8) is 0 Å². The lowest BCUT2D eigenvalue weighted by Gasteiger charge is -2.19. The van der Waals surface area contributed by atoms with Crippen LogP contribution in [0.3, 0.4) is 0 Å². The van der Waals surface area contributed by atoms with Crippen molar-refractivity contribution in [2.24, 2.45) is 0 Å². The summed E-state index contributed by atoms with van der Waals surface area (Å²) in [5.74, 6) is -3.12. The Labute approximate surface area is 161 Å². The molecule has 0 bridgehead atoms. The van der Waals surface area contributed by atoms with E-state index in [2.05, 4.69) is 0 Å². The van der Waals surface area contributed by atoms with Gasteiger partial charge in [-0.15, -0.1) is 0 Å². The summed E-state index contributed by atoms with van der Waals surface area (Å²) in [6.07, 6.45) is 0. The number of hydrogen-bond donors (Lipinski definition) is 0. The lowest BCUT2D eigenvalue weighted by Crippen LogP contribution is -2.30. The Kier molecular flexibility index (Phi) is 6.91. The lowest BCUT2D eigenvalue weighted by molar-refractivity contribution is 0.0468. The summed E-state index contributed by atoms with van der Waals surface area (Å²) in [6, 6.07) is 7.18. The maximum Gasteiger partial charge on any atom is 0.340 e. The van der Waals surface area contributed by atoms with Gasteiger partial charge >= 0.3 is 5.97 Å². The predicted molar refractivity (Wildman–Crippen MR) is 97.0 cm³/mol. The van der Waals surface area contributed by atoms with Crippen LogP contribution >= 0.6 is 11.6 Å². The van der Waals surface area contributed by atoms with Crippen LogP contribution in [-0.2, 0) is 21.4 Å². The first kappa shape index (κ1) is 21.3. The number of esters is 1. The third-order valence-electron chi connectivity index (χ3n) is 3.89. The second-order valence-corrected chi connectivity index (χ2v) is 7.87. The van der Waals surface area contributed by atoms with Crippen molar-refractivity contribution in [2.45, 2.75) is 25.3 Å². The fourth-order valence-corrected chi connectivity index (χ4v) is 4.09. The van der Waals surface area contributed by atoms with Gasteiger partial charge in [0.1, 0.15) is 6.61 Å². The topological polar surface area (TPSA) is 63.7 Å². The van der Waals surface area contributed by atoms with E-state index in [0.29, 0.717) is 0 Å². The van der Waals surface area contributed by atoms with E-state index >= 15 is 0 Å². The summed E-state index contributed by atoms with van der Waals surface area (Å²) < 4.78 is 58.2. The van der Waals surface area contributed by atoms with Gasteiger partial charge in [0, 0.05) is 18.7 Å². The molecule has 0 radical (unpaired) electrons. The van der Waals surface area contributed by atoms with Crippen LogP contribution in [0.2, 0.25) is 5.02 Å². The molecule has 0 aliphatic heterocycles. The standard InChI is InChI=1S/C18H18ClF2NO4S/c1-3-22(4-2)27(24,25)13-8-9-15(19)14(10-13)18(23)26-11-12-6-5-7-16(20)17(12)21/h5-10H,3-4,11H2,1-2H3. The highest BCUT2D eigenvalue weighted by atomic mass is 35.5. The Balaban J connectivity index is 2.27. The second-order valence-electron chi connectivity index (χ2n) is 5.52. The number of hydrogen-bond acceptors (Lipinski definition) is 4. The van der Waals surface area contributed by atoms with Gasteiger partial charge in [-0.25, -0.2) is 22.0 Å². The minimum Gasteiger partial charge on any atom is -0.457 e. The van der Waals surface area contributed by atoms with Gasteiger partial charge in [-0.1, -0.05) is 37.6 Å². The molecular formula is C18H18ClF2NO4S. The quantitative estimate of drug-likeness (QED) is 0.638. The molecule has 0 unspecified atom stereocenters. The molecular weight excluding hydrogens is 400 g/mol. The average molecular weight is 418 g/mol. The summed E-state index contributed by atoms with van der Waals surface area (Å²) in [5.41, 5.74) is -0.326. The summed E-state index contributed by atoms with van der Waals surface area (Å²) in [7, 11) is -3.80. The molecule has 27 heavy (non-hydrogen) atoms. The SMILES string of the molecule is CCN(CC)S(=O)(=O)c1ccc(Cl)c(C(=O)OCc2cccc(F)c2F)c1. The molecule has 9 heteroatoms. The van der Waals surface area contributed by atoms with E-state index in [0.717, 1.165) is 12.1 Å². The first-order valence-electron chi connectivity index (χ1n) is 8.12. The minimum atomic E-state index is -3.80. The second kappa shape index (κ2) is 8.77. The van der Waals surface area contributed by atoms with Gasteiger partial charge < -0.3 is 4.74 Å². The van der Waals surface area contributed by atoms with Crippen molar-refractivity contribution in [1.29, 1.82) is 0 Å². The molecule has 0 heterocycles. The molecule has 0 N–H and O–H groups in total. The van der Waals surface area contributed by atoms with Gasteiger partial charge in [-0.05, 0) is 24.3 Å². The zero-order valence-electron chi connectivity index (χ0n) is 14.7. The maximum atomic E-state index is 13.6. The number of ether oxygens (including phenoxy) is 1. The number of sulfonamides is 1. The third-order valence-corrected chi connectivity index (χ3v) is 6.27. The number of benzene rings is 2. The predicted octanol–water partition coefficient (Wildman–Crippen LogP) is 4.01. The Hall–Kier alpha value is -2.03. The molecule has 0 amide bonds. The van der Waals surface area contributed by atoms with Crippen LogP contribution < -0.4 is 0 Å². The van der Waals surface area contributed by atoms with Crippen molar-refractivity contribution in [3.8, 4) is 0 Å². The first-order valence-corrected chi connectivity index (χ1v) is 9.93. The highest BCUT2D eigenvalue weighted by Crippen LogP contribution is 2.24. The average Bonchev–Trinajstić information content (AvgIpc) is 2.63. The van der Waals surface area contributed by atoms with Crippen molar-refractivity contribution < 1.29 is 26.7 Å². The van der Waals surface area contributed by atoms with Crippen LogP contribution in [-0.4, -0.2) is 31.8 Å². The van der Waals surface area contributed by atoms with Crippen LogP contribution in [0.15, 0.2) is 41.3 Å². The van der Waals surface area contributed by atoms with Gasteiger partial charge in [-0.2, -0.15) is 4.31 Å². The van der Waals surface area contributed by atoms with Crippen LogP contribution in [0.25, 0.3) is 0 Å². The van der Waals surface area contributed by atoms with Crippen molar-refractivity contribution in [1.82, 2.24) is 4.31 Å².